The van der Waals surface area contributed by atoms with Crippen molar-refractivity contribution in [1.82, 2.24) is 9.97 Å². The first-order chi connectivity index (χ1) is 23.3. The van der Waals surface area contributed by atoms with E-state index in [1.54, 1.807) is 0 Å². The van der Waals surface area contributed by atoms with Crippen molar-refractivity contribution >= 4 is 10.9 Å². The molecule has 0 unspecified atom stereocenters. The Morgan fingerprint density at radius 3 is 1.64 bits per heavy atom. The standard InChI is InChI=1S/C45H30N2/c1-3-14-33(15-4-1)44-46-42-25-12-9-22-39(42)43(47-44)32-28-26-31(27-29-32)34-16-13-19-36(30-34)45(35-17-5-2-6-18-35)40-23-10-7-20-37(40)38-21-8-11-24-41(38)45/h1-30H. The molecular weight excluding hydrogens is 569 g/mol. The molecule has 220 valence electrons. The van der Waals surface area contributed by atoms with E-state index in [4.69, 9.17) is 9.97 Å². The average Bonchev–Trinajstić information content (AvgIpc) is 3.46. The molecule has 1 heterocycles. The summed E-state index contributed by atoms with van der Waals surface area (Å²) in [6, 6.07) is 65.1. The van der Waals surface area contributed by atoms with E-state index in [9.17, 15) is 0 Å². The van der Waals surface area contributed by atoms with Crippen molar-refractivity contribution in [3.8, 4) is 44.9 Å². The zero-order chi connectivity index (χ0) is 31.2. The molecule has 9 rings (SSSR count). The van der Waals surface area contributed by atoms with Crippen LogP contribution in [0.3, 0.4) is 0 Å². The molecule has 0 atom stereocenters. The molecular formula is C45H30N2. The summed E-state index contributed by atoms with van der Waals surface area (Å²) in [5.74, 6) is 0.736. The van der Waals surface area contributed by atoms with Crippen LogP contribution in [0.15, 0.2) is 182 Å². The molecule has 7 aromatic carbocycles. The highest BCUT2D eigenvalue weighted by Gasteiger charge is 2.45. The first kappa shape index (κ1) is 27.2. The second-order valence-corrected chi connectivity index (χ2v) is 12.1. The monoisotopic (exact) mass is 598 g/mol. The fourth-order valence-electron chi connectivity index (χ4n) is 7.48. The topological polar surface area (TPSA) is 25.8 Å². The van der Waals surface area contributed by atoms with Crippen molar-refractivity contribution in [2.75, 3.05) is 0 Å². The van der Waals surface area contributed by atoms with Crippen LogP contribution in [0.2, 0.25) is 0 Å². The quantitative estimate of drug-likeness (QED) is 0.197. The maximum Gasteiger partial charge on any atom is 0.160 e. The third kappa shape index (κ3) is 4.34. The van der Waals surface area contributed by atoms with Gasteiger partial charge in [-0.1, -0.05) is 170 Å². The second kappa shape index (κ2) is 11.0. The fourth-order valence-corrected chi connectivity index (χ4v) is 7.48. The molecule has 0 fully saturated rings. The van der Waals surface area contributed by atoms with Crippen LogP contribution in [-0.2, 0) is 5.41 Å². The Morgan fingerprint density at radius 2 is 0.915 bits per heavy atom. The molecule has 0 saturated heterocycles. The molecule has 2 heteroatoms. The van der Waals surface area contributed by atoms with E-state index in [0.717, 1.165) is 33.5 Å². The van der Waals surface area contributed by atoms with Gasteiger partial charge in [0.2, 0.25) is 0 Å². The van der Waals surface area contributed by atoms with Gasteiger partial charge in [0.15, 0.2) is 5.82 Å². The maximum absolute atomic E-state index is 5.08. The number of aromatic nitrogens is 2. The zero-order valence-electron chi connectivity index (χ0n) is 25.7. The lowest BCUT2D eigenvalue weighted by Crippen LogP contribution is -2.28. The number of benzene rings is 7. The molecule has 0 amide bonds. The van der Waals surface area contributed by atoms with Crippen LogP contribution in [0.5, 0.6) is 0 Å². The van der Waals surface area contributed by atoms with Gasteiger partial charge in [-0.2, -0.15) is 0 Å². The lowest BCUT2D eigenvalue weighted by molar-refractivity contribution is 0.769. The Hall–Kier alpha value is -6.12. The van der Waals surface area contributed by atoms with Crippen LogP contribution < -0.4 is 0 Å². The SMILES string of the molecule is c1ccc(-c2nc(-c3ccc(-c4cccc(C5(c6ccccc6)c6ccccc6-c6ccccc65)c4)cc3)c3ccccc3n2)cc1. The van der Waals surface area contributed by atoms with Gasteiger partial charge < -0.3 is 0 Å². The smallest absolute Gasteiger partial charge is 0.160 e. The minimum Gasteiger partial charge on any atom is -0.228 e. The molecule has 0 aliphatic heterocycles. The van der Waals surface area contributed by atoms with E-state index in [0.29, 0.717) is 0 Å². The summed E-state index contributed by atoms with van der Waals surface area (Å²) in [7, 11) is 0. The van der Waals surface area contributed by atoms with Crippen LogP contribution in [0.25, 0.3) is 55.8 Å². The predicted molar refractivity (Wildman–Crippen MR) is 193 cm³/mol. The molecule has 47 heavy (non-hydrogen) atoms. The van der Waals surface area contributed by atoms with Gasteiger partial charge in [0.05, 0.1) is 16.6 Å². The largest absolute Gasteiger partial charge is 0.228 e. The first-order valence-electron chi connectivity index (χ1n) is 16.1. The van der Waals surface area contributed by atoms with Gasteiger partial charge >= 0.3 is 0 Å². The second-order valence-electron chi connectivity index (χ2n) is 12.1. The number of hydrogen-bond acceptors (Lipinski definition) is 2. The lowest BCUT2D eigenvalue weighted by atomic mass is 9.67. The third-order valence-electron chi connectivity index (χ3n) is 9.58. The van der Waals surface area contributed by atoms with Gasteiger partial charge in [0, 0.05) is 16.5 Å². The predicted octanol–water partition coefficient (Wildman–Crippen LogP) is 11.0. The number of hydrogen-bond donors (Lipinski definition) is 0. The summed E-state index contributed by atoms with van der Waals surface area (Å²) < 4.78 is 0. The highest BCUT2D eigenvalue weighted by Crippen LogP contribution is 2.56. The average molecular weight is 599 g/mol. The summed E-state index contributed by atoms with van der Waals surface area (Å²) in [6.07, 6.45) is 0. The van der Waals surface area contributed by atoms with Gasteiger partial charge in [-0.3, -0.25) is 0 Å². The van der Waals surface area contributed by atoms with Crippen LogP contribution in [-0.4, -0.2) is 9.97 Å². The van der Waals surface area contributed by atoms with Crippen molar-refractivity contribution < 1.29 is 0 Å². The molecule has 8 aromatic rings. The van der Waals surface area contributed by atoms with Gasteiger partial charge in [0.25, 0.3) is 0 Å². The molecule has 1 aliphatic carbocycles. The molecule has 0 bridgehead atoms. The lowest BCUT2D eigenvalue weighted by Gasteiger charge is -2.34. The summed E-state index contributed by atoms with van der Waals surface area (Å²) in [6.45, 7) is 0. The molecule has 0 radical (unpaired) electrons. The molecule has 0 N–H and O–H groups in total. The minimum absolute atomic E-state index is 0.419. The molecule has 1 aliphatic rings. The van der Waals surface area contributed by atoms with Crippen LogP contribution in [0.1, 0.15) is 22.3 Å². The normalized spacial score (nSPS) is 12.9. The summed E-state index contributed by atoms with van der Waals surface area (Å²) in [5.41, 5.74) is 13.7. The van der Waals surface area contributed by atoms with E-state index in [1.165, 1.54) is 44.5 Å². The fraction of sp³-hybridized carbons (Fsp3) is 0.0222. The van der Waals surface area contributed by atoms with Gasteiger partial charge in [-0.15, -0.1) is 0 Å². The van der Waals surface area contributed by atoms with Crippen molar-refractivity contribution in [2.24, 2.45) is 0 Å². The number of rotatable bonds is 5. The molecule has 0 saturated carbocycles. The van der Waals surface area contributed by atoms with E-state index >= 15 is 0 Å². The Labute approximate surface area is 274 Å². The van der Waals surface area contributed by atoms with Gasteiger partial charge in [-0.25, -0.2) is 9.97 Å². The van der Waals surface area contributed by atoms with E-state index in [2.05, 4.69) is 158 Å². The van der Waals surface area contributed by atoms with E-state index in [1.807, 2.05) is 24.3 Å². The van der Waals surface area contributed by atoms with Crippen molar-refractivity contribution in [3.63, 3.8) is 0 Å². The Bertz CT molecular complexity index is 2350. The maximum atomic E-state index is 5.08. The summed E-state index contributed by atoms with van der Waals surface area (Å²) >= 11 is 0. The Kier molecular flexibility index (Phi) is 6.39. The highest BCUT2D eigenvalue weighted by atomic mass is 14.9. The number of nitrogens with zero attached hydrogens (tertiary/aromatic N) is 2. The third-order valence-corrected chi connectivity index (χ3v) is 9.58. The highest BCUT2D eigenvalue weighted by molar-refractivity contribution is 5.94. The van der Waals surface area contributed by atoms with Crippen LogP contribution in [0, 0.1) is 0 Å². The molecule has 2 nitrogen and oxygen atoms in total. The summed E-state index contributed by atoms with van der Waals surface area (Å²) in [4.78, 5) is 9.98. The van der Waals surface area contributed by atoms with Crippen LogP contribution in [0.4, 0.5) is 0 Å². The van der Waals surface area contributed by atoms with E-state index in [-0.39, 0.29) is 0 Å². The zero-order valence-corrected chi connectivity index (χ0v) is 25.7. The summed E-state index contributed by atoms with van der Waals surface area (Å²) in [5, 5.41) is 1.05. The molecule has 1 aromatic heterocycles. The van der Waals surface area contributed by atoms with Gasteiger partial charge in [-0.05, 0) is 56.6 Å². The van der Waals surface area contributed by atoms with Crippen molar-refractivity contribution in [1.29, 1.82) is 0 Å². The Balaban J connectivity index is 1.18. The van der Waals surface area contributed by atoms with Crippen molar-refractivity contribution in [3.05, 3.63) is 204 Å². The van der Waals surface area contributed by atoms with E-state index < -0.39 is 5.41 Å². The van der Waals surface area contributed by atoms with Crippen LogP contribution >= 0.6 is 0 Å². The minimum atomic E-state index is -0.419. The van der Waals surface area contributed by atoms with Crippen molar-refractivity contribution in [2.45, 2.75) is 5.41 Å². The molecule has 0 spiro atoms. The number of para-hydroxylation sites is 1. The number of fused-ring (bicyclic) bond motifs is 4. The first-order valence-corrected chi connectivity index (χ1v) is 16.1. The van der Waals surface area contributed by atoms with Gasteiger partial charge in [0.1, 0.15) is 0 Å². The Morgan fingerprint density at radius 1 is 0.362 bits per heavy atom.